The molecule has 0 amide bonds. The molecule has 0 radical (unpaired) electrons. The van der Waals surface area contributed by atoms with Crippen molar-refractivity contribution in [2.24, 2.45) is 0 Å². The number of phosphoric acid groups is 2. The lowest BCUT2D eigenvalue weighted by atomic mass is 10.1. The summed E-state index contributed by atoms with van der Waals surface area (Å²) in [5.41, 5.74) is 0. The van der Waals surface area contributed by atoms with Crippen LogP contribution in [-0.4, -0.2) is 96.7 Å². The Kier molecular flexibility index (Phi) is 72.6. The van der Waals surface area contributed by atoms with Gasteiger partial charge in [-0.15, -0.1) is 0 Å². The maximum absolute atomic E-state index is 13.1. The highest BCUT2D eigenvalue weighted by Gasteiger charge is 2.30. The van der Waals surface area contributed by atoms with Crippen LogP contribution in [0.25, 0.3) is 0 Å². The molecule has 0 aromatic carbocycles. The van der Waals surface area contributed by atoms with Crippen LogP contribution in [0.1, 0.15) is 272 Å². The second kappa shape index (κ2) is 77.1. The Balaban J connectivity index is 5.50. The van der Waals surface area contributed by atoms with Crippen LogP contribution in [0.5, 0.6) is 0 Å². The van der Waals surface area contributed by atoms with Crippen molar-refractivity contribution in [1.29, 1.82) is 0 Å². The van der Waals surface area contributed by atoms with E-state index in [2.05, 4.69) is 192 Å². The fraction of sp³-hybridized carbons (Fsp3) is 0.586. The Morgan fingerprint density at radius 2 is 0.519 bits per heavy atom. The first kappa shape index (κ1) is 99.9. The number of unbranched alkanes of at least 4 members (excludes halogenated alkanes) is 14. The number of aliphatic hydroxyl groups is 1. The number of esters is 4. The van der Waals surface area contributed by atoms with Crippen molar-refractivity contribution in [3.63, 3.8) is 0 Å². The van der Waals surface area contributed by atoms with Crippen LogP contribution < -0.4 is 0 Å². The molecule has 0 bridgehead atoms. The van der Waals surface area contributed by atoms with E-state index in [0.717, 1.165) is 141 Å². The molecule has 0 fully saturated rings. The van der Waals surface area contributed by atoms with Gasteiger partial charge in [-0.1, -0.05) is 293 Å². The van der Waals surface area contributed by atoms with E-state index in [9.17, 15) is 43.2 Å². The predicted molar refractivity (Wildman–Crippen MR) is 436 cm³/mol. The Morgan fingerprint density at radius 1 is 0.274 bits per heavy atom. The molecule has 0 saturated heterocycles. The van der Waals surface area contributed by atoms with Crippen LogP contribution in [-0.2, 0) is 65.4 Å². The molecular formula is C87H138O17P2. The molecule has 0 rings (SSSR count). The van der Waals surface area contributed by atoms with E-state index in [1.54, 1.807) is 0 Å². The summed E-state index contributed by atoms with van der Waals surface area (Å²) in [4.78, 5) is 72.9. The van der Waals surface area contributed by atoms with Gasteiger partial charge in [-0.25, -0.2) is 9.13 Å². The highest BCUT2D eigenvalue weighted by atomic mass is 31.2. The van der Waals surface area contributed by atoms with Crippen LogP contribution in [0.2, 0.25) is 0 Å². The number of ether oxygens (including phenoxy) is 4. The van der Waals surface area contributed by atoms with E-state index in [4.69, 9.17) is 37.0 Å². The number of carbonyl (C=O) groups excluding carboxylic acids is 4. The fourth-order valence-electron chi connectivity index (χ4n) is 9.66. The summed E-state index contributed by atoms with van der Waals surface area (Å²) >= 11 is 0. The monoisotopic (exact) mass is 1520 g/mol. The molecule has 19 heteroatoms. The Hall–Kier alpha value is -6.10. The fourth-order valence-corrected chi connectivity index (χ4v) is 11.2. The molecule has 0 heterocycles. The molecule has 598 valence electrons. The second-order valence-electron chi connectivity index (χ2n) is 25.5. The summed E-state index contributed by atoms with van der Waals surface area (Å²) in [5.74, 6) is -2.40. The van der Waals surface area contributed by atoms with E-state index in [1.165, 1.54) is 38.5 Å². The van der Waals surface area contributed by atoms with Crippen molar-refractivity contribution in [3.8, 4) is 0 Å². The number of carbonyl (C=O) groups is 4. The first-order valence-electron chi connectivity index (χ1n) is 39.7. The van der Waals surface area contributed by atoms with Gasteiger partial charge in [-0.2, -0.15) is 0 Å². The maximum atomic E-state index is 13.1. The van der Waals surface area contributed by atoms with Gasteiger partial charge in [0.15, 0.2) is 12.2 Å². The predicted octanol–water partition coefficient (Wildman–Crippen LogP) is 23.3. The molecule has 106 heavy (non-hydrogen) atoms. The van der Waals surface area contributed by atoms with Crippen molar-refractivity contribution in [2.45, 2.75) is 290 Å². The summed E-state index contributed by atoms with van der Waals surface area (Å²) in [7, 11) is -10.0. The molecule has 5 unspecified atom stereocenters. The summed E-state index contributed by atoms with van der Waals surface area (Å²) in [6.07, 6.45) is 94.4. The zero-order valence-corrected chi connectivity index (χ0v) is 67.1. The minimum absolute atomic E-state index is 0.00755. The average molecular weight is 1520 g/mol. The van der Waals surface area contributed by atoms with E-state index >= 15 is 0 Å². The molecule has 0 aromatic rings. The van der Waals surface area contributed by atoms with Crippen LogP contribution in [0.15, 0.2) is 194 Å². The SMILES string of the molecule is CC/C=C\C/C=C\C/C=C\C/C=C\C/C=C\C/C=C\CCC(=O)OCC(COP(=O)(O)OCC(O)COP(=O)(O)OCC(COC(=O)CCCCC/C=C\C/C=C\C/C=C\C/C=C\C/C=C\CC)OC(=O)CCCCCCCCCCCCC)OC(=O)CCC/C=C\C/C=C\C/C=C\C/C=C\C/C=C\CC. The molecule has 0 aromatic heterocycles. The Morgan fingerprint density at radius 3 is 0.849 bits per heavy atom. The van der Waals surface area contributed by atoms with Crippen molar-refractivity contribution in [1.82, 2.24) is 0 Å². The largest absolute Gasteiger partial charge is 0.472 e. The number of rotatable bonds is 72. The van der Waals surface area contributed by atoms with Crippen molar-refractivity contribution < 1.29 is 80.2 Å². The molecule has 0 aliphatic carbocycles. The van der Waals surface area contributed by atoms with Crippen molar-refractivity contribution >= 4 is 39.5 Å². The topological polar surface area (TPSA) is 237 Å². The van der Waals surface area contributed by atoms with Gasteiger partial charge in [0.2, 0.25) is 0 Å². The molecule has 0 saturated carbocycles. The van der Waals surface area contributed by atoms with Gasteiger partial charge in [-0.05, 0) is 148 Å². The zero-order chi connectivity index (χ0) is 77.4. The Labute approximate surface area is 640 Å². The lowest BCUT2D eigenvalue weighted by molar-refractivity contribution is -0.161. The second-order valence-corrected chi connectivity index (χ2v) is 28.4. The van der Waals surface area contributed by atoms with E-state index < -0.39 is 97.5 Å². The quantitative estimate of drug-likeness (QED) is 0.0169. The average Bonchev–Trinajstić information content (AvgIpc) is 0.919. The number of phosphoric ester groups is 2. The Bertz CT molecular complexity index is 2780. The summed E-state index contributed by atoms with van der Waals surface area (Å²) in [5, 5.41) is 10.6. The number of hydrogen-bond donors (Lipinski definition) is 3. The van der Waals surface area contributed by atoms with Gasteiger partial charge < -0.3 is 33.8 Å². The van der Waals surface area contributed by atoms with E-state index in [-0.39, 0.29) is 25.7 Å². The first-order valence-corrected chi connectivity index (χ1v) is 42.7. The first-order chi connectivity index (χ1) is 51.7. The molecule has 0 aliphatic rings. The van der Waals surface area contributed by atoms with Gasteiger partial charge in [0, 0.05) is 25.7 Å². The molecule has 5 atom stereocenters. The van der Waals surface area contributed by atoms with Gasteiger partial charge >= 0.3 is 39.5 Å². The zero-order valence-electron chi connectivity index (χ0n) is 65.3. The molecule has 0 aliphatic heterocycles. The van der Waals surface area contributed by atoms with Gasteiger partial charge in [0.05, 0.1) is 26.4 Å². The van der Waals surface area contributed by atoms with Crippen LogP contribution in [0.3, 0.4) is 0 Å². The highest BCUT2D eigenvalue weighted by Crippen LogP contribution is 2.45. The van der Waals surface area contributed by atoms with Gasteiger partial charge in [0.1, 0.15) is 19.3 Å². The van der Waals surface area contributed by atoms with Crippen molar-refractivity contribution in [2.75, 3.05) is 39.6 Å². The number of hydrogen-bond acceptors (Lipinski definition) is 15. The lowest BCUT2D eigenvalue weighted by Crippen LogP contribution is -2.30. The molecule has 17 nitrogen and oxygen atoms in total. The number of aliphatic hydroxyl groups excluding tert-OH is 1. The van der Waals surface area contributed by atoms with Gasteiger partial charge in [-0.3, -0.25) is 37.3 Å². The normalized spacial score (nSPS) is 14.9. The molecule has 0 spiro atoms. The highest BCUT2D eigenvalue weighted by molar-refractivity contribution is 7.47. The third-order valence-corrected chi connectivity index (χ3v) is 17.5. The summed E-state index contributed by atoms with van der Waals surface area (Å²) in [6.45, 7) is 4.30. The van der Waals surface area contributed by atoms with E-state index in [1.807, 2.05) is 30.4 Å². The minimum Gasteiger partial charge on any atom is -0.462 e. The molecular weight excluding hydrogens is 1380 g/mol. The number of allylic oxidation sites excluding steroid dienone is 32. The summed E-state index contributed by atoms with van der Waals surface area (Å²) < 4.78 is 68.4. The standard InChI is InChI=1S/C87H138O17P2/c1-5-9-13-17-21-25-29-32-35-38-40-43-45-48-52-55-59-63-67-71-84(89)97-77-82(103-86(91)73-69-65-61-57-51-28-24-20-16-12-8-4)79-101-105(93,94)99-75-81(88)76-100-106(95,96)102-80-83(104-87(92)74-70-66-62-58-54-50-47-42-37-34-31-27-23-19-15-11-7-3)78-98-85(90)72-68-64-60-56-53-49-46-44-41-39-36-33-30-26-22-18-14-10-6-2/h9-11,13-15,21-23,25-27,32-37,40-41,43-44,47-50,52-53,58,60,62,64,81-83,88H,5-8,12,16-20,24,28-31,38-39,42,45-46,51,54-57,59,61,63,65-80H2,1-4H3,(H,93,94)(H,95,96)/b13-9-,14-10-,15-11-,25-21-,26-22-,27-23-,35-32-,36-33-,37-34-,43-40-,44-41-,50-47-,52-48-,53-49-,62-58-,64-60-. The minimum atomic E-state index is -5.02. The third-order valence-electron chi connectivity index (χ3n) is 15.6. The molecule has 3 N–H and O–H groups in total. The van der Waals surface area contributed by atoms with Gasteiger partial charge in [0.25, 0.3) is 0 Å². The van der Waals surface area contributed by atoms with Crippen LogP contribution >= 0.6 is 15.6 Å². The van der Waals surface area contributed by atoms with Crippen molar-refractivity contribution in [3.05, 3.63) is 194 Å². The van der Waals surface area contributed by atoms with Crippen LogP contribution in [0, 0.1) is 0 Å². The van der Waals surface area contributed by atoms with Crippen LogP contribution in [0.4, 0.5) is 0 Å². The van der Waals surface area contributed by atoms with E-state index in [0.29, 0.717) is 38.5 Å². The summed E-state index contributed by atoms with van der Waals surface area (Å²) in [6, 6.07) is 0. The smallest absolute Gasteiger partial charge is 0.462 e. The lowest BCUT2D eigenvalue weighted by Gasteiger charge is -2.21. The third kappa shape index (κ3) is 76.1. The maximum Gasteiger partial charge on any atom is 0.472 e.